The molecule has 1 aliphatic heterocycles. The first-order valence-corrected chi connectivity index (χ1v) is 6.75. The minimum Gasteiger partial charge on any atom is -0.479 e. The Morgan fingerprint density at radius 1 is 1.60 bits per heavy atom. The summed E-state index contributed by atoms with van der Waals surface area (Å²) in [5.41, 5.74) is -0.167. The average Bonchev–Trinajstić information content (AvgIpc) is 3.06. The van der Waals surface area contributed by atoms with Crippen LogP contribution in [0.2, 0.25) is 0 Å². The number of aromatic amines is 1. The van der Waals surface area contributed by atoms with E-state index in [-0.39, 0.29) is 6.03 Å². The topological polar surface area (TPSA) is 89.5 Å². The zero-order valence-corrected chi connectivity index (χ0v) is 11.8. The van der Waals surface area contributed by atoms with E-state index in [4.69, 9.17) is 0 Å². The molecule has 2 heterocycles. The molecule has 1 aliphatic rings. The zero-order valence-electron chi connectivity index (χ0n) is 11.8. The molecule has 110 valence electrons. The van der Waals surface area contributed by atoms with Crippen molar-refractivity contribution in [3.05, 3.63) is 18.0 Å². The van der Waals surface area contributed by atoms with E-state index < -0.39 is 11.5 Å². The van der Waals surface area contributed by atoms with Crippen LogP contribution >= 0.6 is 0 Å². The fraction of sp³-hybridized carbons (Fsp3) is 0.615. The van der Waals surface area contributed by atoms with Crippen LogP contribution in [0, 0.1) is 0 Å². The molecule has 0 radical (unpaired) electrons. The molecular weight excluding hydrogens is 260 g/mol. The molecule has 1 fully saturated rings. The smallest absolute Gasteiger partial charge is 0.329 e. The number of urea groups is 1. The van der Waals surface area contributed by atoms with Gasteiger partial charge in [-0.05, 0) is 19.3 Å². The maximum absolute atomic E-state index is 12.5. The highest BCUT2D eigenvalue weighted by atomic mass is 16.4. The molecule has 2 N–H and O–H groups in total. The lowest BCUT2D eigenvalue weighted by atomic mass is 9.93. The Bertz CT molecular complexity index is 488. The number of aliphatic carboxylic acids is 1. The summed E-state index contributed by atoms with van der Waals surface area (Å²) >= 11 is 0. The van der Waals surface area contributed by atoms with Crippen LogP contribution in [0.5, 0.6) is 0 Å². The molecule has 0 aliphatic carbocycles. The summed E-state index contributed by atoms with van der Waals surface area (Å²) in [6.07, 6.45) is 5.04. The van der Waals surface area contributed by atoms with Gasteiger partial charge in [-0.15, -0.1) is 0 Å². The van der Waals surface area contributed by atoms with E-state index in [1.165, 1.54) is 9.80 Å². The van der Waals surface area contributed by atoms with Crippen molar-refractivity contribution in [3.63, 3.8) is 0 Å². The molecule has 0 aromatic carbocycles. The lowest BCUT2D eigenvalue weighted by Crippen LogP contribution is -2.55. The second-order valence-corrected chi connectivity index (χ2v) is 5.19. The molecule has 0 saturated carbocycles. The predicted octanol–water partition coefficient (Wildman–Crippen LogP) is 1.29. The van der Waals surface area contributed by atoms with Gasteiger partial charge in [-0.3, -0.25) is 5.10 Å². The molecule has 20 heavy (non-hydrogen) atoms. The van der Waals surface area contributed by atoms with Crippen LogP contribution in [0.3, 0.4) is 0 Å². The third-order valence-corrected chi connectivity index (χ3v) is 4.00. The summed E-state index contributed by atoms with van der Waals surface area (Å²) in [6, 6.07) is -0.243. The van der Waals surface area contributed by atoms with Gasteiger partial charge < -0.3 is 14.9 Å². The van der Waals surface area contributed by atoms with E-state index in [9.17, 15) is 14.7 Å². The summed E-state index contributed by atoms with van der Waals surface area (Å²) in [7, 11) is 1.68. The first-order valence-electron chi connectivity index (χ1n) is 6.75. The number of carboxylic acid groups (broad SMARTS) is 1. The molecule has 7 heteroatoms. The maximum atomic E-state index is 12.5. The summed E-state index contributed by atoms with van der Waals surface area (Å²) < 4.78 is 0. The van der Waals surface area contributed by atoms with Crippen molar-refractivity contribution in [2.24, 2.45) is 0 Å². The van der Waals surface area contributed by atoms with Gasteiger partial charge in [-0.2, -0.15) is 5.10 Å². The molecule has 7 nitrogen and oxygen atoms in total. The van der Waals surface area contributed by atoms with Crippen LogP contribution in [0.1, 0.15) is 31.7 Å². The molecule has 1 unspecified atom stereocenters. The predicted molar refractivity (Wildman–Crippen MR) is 72.0 cm³/mol. The van der Waals surface area contributed by atoms with Crippen LogP contribution in [0.4, 0.5) is 4.79 Å². The van der Waals surface area contributed by atoms with Crippen molar-refractivity contribution in [3.8, 4) is 0 Å². The van der Waals surface area contributed by atoms with Crippen LogP contribution < -0.4 is 0 Å². The fourth-order valence-electron chi connectivity index (χ4n) is 2.81. The largest absolute Gasteiger partial charge is 0.479 e. The van der Waals surface area contributed by atoms with Gasteiger partial charge in [-0.1, -0.05) is 6.92 Å². The highest BCUT2D eigenvalue weighted by molar-refractivity contribution is 5.87. The lowest BCUT2D eigenvalue weighted by Gasteiger charge is -2.36. The van der Waals surface area contributed by atoms with E-state index in [0.29, 0.717) is 25.9 Å². The van der Waals surface area contributed by atoms with Crippen molar-refractivity contribution in [1.82, 2.24) is 20.0 Å². The van der Waals surface area contributed by atoms with E-state index in [1.54, 1.807) is 19.4 Å². The Balaban J connectivity index is 2.13. The number of hydrogen-bond donors (Lipinski definition) is 2. The third-order valence-electron chi connectivity index (χ3n) is 4.00. The number of carbonyl (C=O) groups is 2. The summed E-state index contributed by atoms with van der Waals surface area (Å²) in [5.74, 6) is -0.914. The van der Waals surface area contributed by atoms with Crippen LogP contribution in [-0.4, -0.2) is 56.2 Å². The van der Waals surface area contributed by atoms with Gasteiger partial charge in [0.2, 0.25) is 0 Å². The Morgan fingerprint density at radius 3 is 2.90 bits per heavy atom. The van der Waals surface area contributed by atoms with E-state index >= 15 is 0 Å². The van der Waals surface area contributed by atoms with E-state index in [1.807, 2.05) is 6.92 Å². The number of aromatic nitrogens is 2. The number of rotatable bonds is 4. The normalized spacial score (nSPS) is 22.0. The first-order chi connectivity index (χ1) is 9.51. The molecule has 1 aromatic heterocycles. The van der Waals surface area contributed by atoms with Crippen molar-refractivity contribution < 1.29 is 14.7 Å². The quantitative estimate of drug-likeness (QED) is 0.869. The fourth-order valence-corrected chi connectivity index (χ4v) is 2.81. The highest BCUT2D eigenvalue weighted by Gasteiger charge is 2.49. The third kappa shape index (κ3) is 2.35. The minimum absolute atomic E-state index is 0.243. The summed E-state index contributed by atoms with van der Waals surface area (Å²) in [6.45, 7) is 2.72. The number of nitrogens with one attached hydrogen (secondary N) is 1. The Labute approximate surface area is 117 Å². The second kappa shape index (κ2) is 5.52. The molecule has 0 spiro atoms. The molecule has 0 bridgehead atoms. The van der Waals surface area contributed by atoms with E-state index in [2.05, 4.69) is 10.2 Å². The summed E-state index contributed by atoms with van der Waals surface area (Å²) in [5, 5.41) is 16.0. The number of carboxylic acids is 1. The molecule has 1 atom stereocenters. The SMILES string of the molecule is CCC1(C(=O)O)CCCN1C(=O)N(C)Cc1cn[nH]c1. The zero-order chi connectivity index (χ0) is 14.8. The standard InChI is InChI=1S/C13H20N4O3/c1-3-13(11(18)19)5-4-6-17(13)12(20)16(2)9-10-7-14-15-8-10/h7-8H,3-6,9H2,1-2H3,(H,14,15)(H,18,19). The van der Waals surface area contributed by atoms with Gasteiger partial charge >= 0.3 is 12.0 Å². The molecular formula is C13H20N4O3. The van der Waals surface area contributed by atoms with Crippen molar-refractivity contribution >= 4 is 12.0 Å². The van der Waals surface area contributed by atoms with Crippen LogP contribution in [-0.2, 0) is 11.3 Å². The molecule has 1 saturated heterocycles. The molecule has 2 amide bonds. The summed E-state index contributed by atoms with van der Waals surface area (Å²) in [4.78, 5) is 27.1. The van der Waals surface area contributed by atoms with Gasteiger partial charge in [-0.25, -0.2) is 9.59 Å². The van der Waals surface area contributed by atoms with Crippen molar-refractivity contribution in [2.75, 3.05) is 13.6 Å². The monoisotopic (exact) mass is 280 g/mol. The second-order valence-electron chi connectivity index (χ2n) is 5.19. The maximum Gasteiger partial charge on any atom is 0.329 e. The molecule has 1 aromatic rings. The van der Waals surface area contributed by atoms with E-state index in [0.717, 1.165) is 12.0 Å². The Kier molecular flexibility index (Phi) is 3.96. The number of carbonyl (C=O) groups excluding carboxylic acids is 1. The van der Waals surface area contributed by atoms with Crippen LogP contribution in [0.25, 0.3) is 0 Å². The van der Waals surface area contributed by atoms with Gasteiger partial charge in [0.25, 0.3) is 0 Å². The van der Waals surface area contributed by atoms with Gasteiger partial charge in [0.1, 0.15) is 5.54 Å². The number of amides is 2. The van der Waals surface area contributed by atoms with Crippen molar-refractivity contribution in [1.29, 1.82) is 0 Å². The number of likely N-dealkylation sites (tertiary alicyclic amines) is 1. The van der Waals surface area contributed by atoms with Gasteiger partial charge in [0, 0.05) is 25.4 Å². The molecule has 2 rings (SSSR count). The van der Waals surface area contributed by atoms with Crippen LogP contribution in [0.15, 0.2) is 12.4 Å². The average molecular weight is 280 g/mol. The first kappa shape index (κ1) is 14.4. The van der Waals surface area contributed by atoms with Gasteiger partial charge in [0.05, 0.1) is 12.7 Å². The lowest BCUT2D eigenvalue weighted by molar-refractivity contribution is -0.148. The van der Waals surface area contributed by atoms with Gasteiger partial charge in [0.15, 0.2) is 0 Å². The number of nitrogens with zero attached hydrogens (tertiary/aromatic N) is 3. The highest BCUT2D eigenvalue weighted by Crippen LogP contribution is 2.33. The number of hydrogen-bond acceptors (Lipinski definition) is 3. The van der Waals surface area contributed by atoms with Crippen molar-refractivity contribution in [2.45, 2.75) is 38.3 Å². The Morgan fingerprint density at radius 2 is 2.35 bits per heavy atom. The minimum atomic E-state index is -1.05. The Hall–Kier alpha value is -2.05. The number of H-pyrrole nitrogens is 1.